The third-order valence-electron chi connectivity index (χ3n) is 6.05. The van der Waals surface area contributed by atoms with Crippen LogP contribution in [0.25, 0.3) is 22.6 Å². The minimum Gasteiger partial charge on any atom is -0.436 e. The highest BCUT2D eigenvalue weighted by Gasteiger charge is 2.31. The van der Waals surface area contributed by atoms with Crippen LogP contribution in [0, 0.1) is 13.8 Å². The molecule has 3 heterocycles. The average molecular weight is 465 g/mol. The zero-order valence-corrected chi connectivity index (χ0v) is 19.2. The molecule has 0 aliphatic carbocycles. The number of anilines is 1. The van der Waals surface area contributed by atoms with Gasteiger partial charge in [0, 0.05) is 22.5 Å². The zero-order valence-electron chi connectivity index (χ0n) is 18.4. The number of sulfone groups is 1. The lowest BCUT2D eigenvalue weighted by atomic mass is 10.1. The van der Waals surface area contributed by atoms with Gasteiger partial charge in [0.2, 0.25) is 11.8 Å². The zero-order chi connectivity index (χ0) is 23.2. The van der Waals surface area contributed by atoms with Gasteiger partial charge in [-0.2, -0.15) is 5.10 Å². The minimum absolute atomic E-state index is 0.100. The predicted molar refractivity (Wildman–Crippen MR) is 126 cm³/mol. The van der Waals surface area contributed by atoms with Crippen molar-refractivity contribution in [2.45, 2.75) is 32.7 Å². The van der Waals surface area contributed by atoms with E-state index >= 15 is 0 Å². The summed E-state index contributed by atoms with van der Waals surface area (Å²) in [5.41, 5.74) is 5.31. The van der Waals surface area contributed by atoms with Gasteiger partial charge in [0.15, 0.2) is 15.4 Å². The second-order valence-corrected chi connectivity index (χ2v) is 10.7. The third-order valence-corrected chi connectivity index (χ3v) is 7.80. The van der Waals surface area contributed by atoms with Crippen molar-refractivity contribution in [2.75, 3.05) is 16.8 Å². The van der Waals surface area contributed by atoms with E-state index in [1.54, 1.807) is 4.68 Å². The molecule has 1 aliphatic rings. The molecule has 4 aromatic rings. The van der Waals surface area contributed by atoms with Gasteiger partial charge in [-0.05, 0) is 50.6 Å². The summed E-state index contributed by atoms with van der Waals surface area (Å²) in [7, 11) is -3.02. The summed E-state index contributed by atoms with van der Waals surface area (Å²) in [5, 5.41) is 7.48. The molecular formula is C24H24N4O4S. The third kappa shape index (κ3) is 4.28. The first-order valence-electron chi connectivity index (χ1n) is 10.8. The maximum atomic E-state index is 12.8. The number of hydrogen-bond donors (Lipinski definition) is 1. The smallest absolute Gasteiger partial charge is 0.228 e. The van der Waals surface area contributed by atoms with Gasteiger partial charge in [-0.15, -0.1) is 0 Å². The fourth-order valence-electron chi connectivity index (χ4n) is 4.37. The number of para-hydroxylation sites is 2. The summed E-state index contributed by atoms with van der Waals surface area (Å²) >= 11 is 0. The molecule has 1 aliphatic heterocycles. The minimum atomic E-state index is -3.02. The molecular weight excluding hydrogens is 440 g/mol. The molecule has 5 rings (SSSR count). The van der Waals surface area contributed by atoms with E-state index < -0.39 is 9.84 Å². The first-order valence-corrected chi connectivity index (χ1v) is 12.6. The van der Waals surface area contributed by atoms with Gasteiger partial charge < -0.3 is 9.73 Å². The van der Waals surface area contributed by atoms with Crippen molar-refractivity contribution in [3.63, 3.8) is 0 Å². The Balaban J connectivity index is 1.32. The summed E-state index contributed by atoms with van der Waals surface area (Å²) in [5.74, 6) is 0.604. The van der Waals surface area contributed by atoms with Crippen molar-refractivity contribution in [3.8, 4) is 11.5 Å². The normalized spacial score (nSPS) is 17.5. The van der Waals surface area contributed by atoms with Gasteiger partial charge in [-0.3, -0.25) is 9.48 Å². The largest absolute Gasteiger partial charge is 0.436 e. The molecule has 1 fully saturated rings. The molecule has 1 amide bonds. The number of carbonyl (C=O) groups is 1. The standard InChI is InChI=1S/C24H24N4O4S/c1-15-20(16(2)28(27-15)19-10-11-33(30,31)14-19)13-23(29)25-18-7-5-6-17(12-18)24-26-21-8-3-4-9-22(21)32-24/h3-9,12,19H,10-11,13-14H2,1-2H3,(H,25,29)/t19-/m1/s1. The molecule has 1 atom stereocenters. The van der Waals surface area contributed by atoms with Crippen molar-refractivity contribution < 1.29 is 17.6 Å². The van der Waals surface area contributed by atoms with E-state index in [0.717, 1.165) is 28.0 Å². The highest BCUT2D eigenvalue weighted by molar-refractivity contribution is 7.91. The Labute approximate surface area is 191 Å². The second-order valence-electron chi connectivity index (χ2n) is 8.44. The van der Waals surface area contributed by atoms with E-state index in [0.29, 0.717) is 23.6 Å². The van der Waals surface area contributed by atoms with Crippen LogP contribution in [0.15, 0.2) is 52.9 Å². The Bertz CT molecular complexity index is 1440. The van der Waals surface area contributed by atoms with Crippen LogP contribution in [0.5, 0.6) is 0 Å². The number of rotatable bonds is 5. The van der Waals surface area contributed by atoms with E-state index in [9.17, 15) is 13.2 Å². The van der Waals surface area contributed by atoms with E-state index in [-0.39, 0.29) is 29.9 Å². The predicted octanol–water partition coefficient (Wildman–Crippen LogP) is 3.85. The van der Waals surface area contributed by atoms with Crippen molar-refractivity contribution in [3.05, 3.63) is 65.5 Å². The molecule has 170 valence electrons. The number of amides is 1. The first-order chi connectivity index (χ1) is 15.8. The van der Waals surface area contributed by atoms with Crippen molar-refractivity contribution in [2.24, 2.45) is 0 Å². The van der Waals surface area contributed by atoms with Crippen LogP contribution in [-0.4, -0.2) is 40.6 Å². The average Bonchev–Trinajstić information content (AvgIpc) is 3.45. The van der Waals surface area contributed by atoms with Crippen molar-refractivity contribution >= 4 is 32.5 Å². The number of oxazole rings is 1. The quantitative estimate of drug-likeness (QED) is 0.481. The SMILES string of the molecule is Cc1nn([C@@H]2CCS(=O)(=O)C2)c(C)c1CC(=O)Nc1cccc(-c2nc3ccccc3o2)c1. The van der Waals surface area contributed by atoms with E-state index in [1.807, 2.05) is 62.4 Å². The Morgan fingerprint density at radius 3 is 2.76 bits per heavy atom. The van der Waals surface area contributed by atoms with Crippen LogP contribution < -0.4 is 5.32 Å². The van der Waals surface area contributed by atoms with Gasteiger partial charge in [0.05, 0.1) is 29.7 Å². The van der Waals surface area contributed by atoms with Crippen LogP contribution in [0.4, 0.5) is 5.69 Å². The fourth-order valence-corrected chi connectivity index (χ4v) is 6.06. The number of carbonyl (C=O) groups excluding carboxylic acids is 1. The van der Waals surface area contributed by atoms with Crippen LogP contribution in [0.2, 0.25) is 0 Å². The molecule has 33 heavy (non-hydrogen) atoms. The Morgan fingerprint density at radius 1 is 1.18 bits per heavy atom. The molecule has 0 spiro atoms. The van der Waals surface area contributed by atoms with Crippen LogP contribution in [0.3, 0.4) is 0 Å². The number of nitrogens with zero attached hydrogens (tertiary/aromatic N) is 3. The topological polar surface area (TPSA) is 107 Å². The van der Waals surface area contributed by atoms with Gasteiger partial charge in [0.25, 0.3) is 0 Å². The lowest BCUT2D eigenvalue weighted by molar-refractivity contribution is -0.115. The Hall–Kier alpha value is -3.46. The number of nitrogens with one attached hydrogen (secondary N) is 1. The number of benzene rings is 2. The molecule has 1 saturated heterocycles. The monoisotopic (exact) mass is 464 g/mol. The highest BCUT2D eigenvalue weighted by Crippen LogP contribution is 2.28. The van der Waals surface area contributed by atoms with Gasteiger partial charge in [-0.25, -0.2) is 13.4 Å². The molecule has 2 aromatic carbocycles. The molecule has 2 aromatic heterocycles. The Morgan fingerprint density at radius 2 is 2.00 bits per heavy atom. The highest BCUT2D eigenvalue weighted by atomic mass is 32.2. The lowest BCUT2D eigenvalue weighted by Gasteiger charge is -2.11. The van der Waals surface area contributed by atoms with Gasteiger partial charge >= 0.3 is 0 Å². The number of aromatic nitrogens is 3. The molecule has 1 N–H and O–H groups in total. The molecule has 0 saturated carbocycles. The number of fused-ring (bicyclic) bond motifs is 1. The fraction of sp³-hybridized carbons (Fsp3) is 0.292. The summed E-state index contributed by atoms with van der Waals surface area (Å²) in [4.78, 5) is 17.3. The van der Waals surface area contributed by atoms with Crippen LogP contribution in [0.1, 0.15) is 29.4 Å². The number of aryl methyl sites for hydroxylation is 1. The maximum absolute atomic E-state index is 12.8. The summed E-state index contributed by atoms with van der Waals surface area (Å²) in [6.07, 6.45) is 0.711. The summed E-state index contributed by atoms with van der Waals surface area (Å²) in [6.45, 7) is 3.74. The maximum Gasteiger partial charge on any atom is 0.228 e. The van der Waals surface area contributed by atoms with E-state index in [1.165, 1.54) is 0 Å². The van der Waals surface area contributed by atoms with E-state index in [2.05, 4.69) is 15.4 Å². The second kappa shape index (κ2) is 8.15. The van der Waals surface area contributed by atoms with Gasteiger partial charge in [-0.1, -0.05) is 18.2 Å². The molecule has 9 heteroatoms. The Kier molecular flexibility index (Phi) is 5.28. The van der Waals surface area contributed by atoms with Crippen molar-refractivity contribution in [1.29, 1.82) is 0 Å². The lowest BCUT2D eigenvalue weighted by Crippen LogP contribution is -2.16. The van der Waals surface area contributed by atoms with Gasteiger partial charge in [0.1, 0.15) is 5.52 Å². The summed E-state index contributed by atoms with van der Waals surface area (Å²) < 4.78 is 31.3. The molecule has 8 nitrogen and oxygen atoms in total. The number of hydrogen-bond acceptors (Lipinski definition) is 6. The van der Waals surface area contributed by atoms with E-state index in [4.69, 9.17) is 4.42 Å². The first kappa shape index (κ1) is 21.4. The van der Waals surface area contributed by atoms with Crippen molar-refractivity contribution in [1.82, 2.24) is 14.8 Å². The molecule has 0 bridgehead atoms. The van der Waals surface area contributed by atoms with Crippen LogP contribution >= 0.6 is 0 Å². The molecule has 0 radical (unpaired) electrons. The summed E-state index contributed by atoms with van der Waals surface area (Å²) in [6, 6.07) is 14.8. The molecule has 0 unspecified atom stereocenters. The van der Waals surface area contributed by atoms with Crippen LogP contribution in [-0.2, 0) is 21.1 Å².